The molecule has 5 rings (SSSR count). The van der Waals surface area contributed by atoms with Gasteiger partial charge in [-0.15, -0.1) is 0 Å². The molecule has 1 aromatic carbocycles. The van der Waals surface area contributed by atoms with Gasteiger partial charge in [0.25, 0.3) is 0 Å². The number of nitrogens with zero attached hydrogens (tertiary/aromatic N) is 6. The van der Waals surface area contributed by atoms with Crippen LogP contribution in [0.4, 0.5) is 11.5 Å². The van der Waals surface area contributed by atoms with Crippen molar-refractivity contribution in [2.24, 2.45) is 0 Å². The first-order valence-corrected chi connectivity index (χ1v) is 11.4. The Balaban J connectivity index is 1.29. The van der Waals surface area contributed by atoms with Gasteiger partial charge in [-0.2, -0.15) is 9.97 Å². The van der Waals surface area contributed by atoms with E-state index < -0.39 is 0 Å². The molecule has 1 aliphatic rings. The highest BCUT2D eigenvalue weighted by Gasteiger charge is 2.19. The van der Waals surface area contributed by atoms with E-state index >= 15 is 0 Å². The maximum Gasteiger partial charge on any atom is 0.226 e. The Labute approximate surface area is 190 Å². The molecule has 0 amide bonds. The molecule has 0 aliphatic carbocycles. The Morgan fingerprint density at radius 2 is 1.87 bits per heavy atom. The van der Waals surface area contributed by atoms with Crippen molar-refractivity contribution < 1.29 is 0 Å². The lowest BCUT2D eigenvalue weighted by Gasteiger charge is -2.27. The van der Waals surface area contributed by atoms with Gasteiger partial charge in [0, 0.05) is 48.5 Å². The summed E-state index contributed by atoms with van der Waals surface area (Å²) in [6, 6.07) is 7.75. The maximum absolute atomic E-state index is 6.26. The summed E-state index contributed by atoms with van der Waals surface area (Å²) in [6.07, 6.45) is 8.15. The molecule has 1 aliphatic heterocycles. The summed E-state index contributed by atoms with van der Waals surface area (Å²) in [6.45, 7) is 3.57. The molecule has 0 radical (unpaired) electrons. The fourth-order valence-corrected chi connectivity index (χ4v) is 4.47. The minimum absolute atomic E-state index is 0.273. The Kier molecular flexibility index (Phi) is 5.78. The fourth-order valence-electron chi connectivity index (χ4n) is 4.14. The second-order valence-corrected chi connectivity index (χ2v) is 8.55. The lowest BCUT2D eigenvalue weighted by Crippen LogP contribution is -2.30. The van der Waals surface area contributed by atoms with Crippen LogP contribution in [0.1, 0.15) is 25.7 Å². The Morgan fingerprint density at radius 1 is 1.00 bits per heavy atom. The van der Waals surface area contributed by atoms with Gasteiger partial charge in [-0.05, 0) is 61.5 Å². The molecule has 4 aromatic rings. The van der Waals surface area contributed by atoms with Crippen molar-refractivity contribution in [1.82, 2.24) is 24.5 Å². The number of halogens is 2. The summed E-state index contributed by atoms with van der Waals surface area (Å²) in [4.78, 5) is 20.2. The topological polar surface area (TPSA) is 71.8 Å². The molecule has 7 nitrogen and oxygen atoms in total. The number of rotatable bonds is 6. The summed E-state index contributed by atoms with van der Waals surface area (Å²) < 4.78 is 2.06. The SMILES string of the molecule is Clc1ccc2c(NCCCn3cnc4c(N5CCCCC5)nc(Cl)nc43)ccnc2c1. The van der Waals surface area contributed by atoms with Crippen LogP contribution in [0.5, 0.6) is 0 Å². The van der Waals surface area contributed by atoms with Crippen molar-refractivity contribution in [2.45, 2.75) is 32.2 Å². The number of fused-ring (bicyclic) bond motifs is 2. The smallest absolute Gasteiger partial charge is 0.226 e. The summed E-state index contributed by atoms with van der Waals surface area (Å²) in [7, 11) is 0. The number of nitrogens with one attached hydrogen (secondary N) is 1. The summed E-state index contributed by atoms with van der Waals surface area (Å²) in [5.74, 6) is 0.855. The largest absolute Gasteiger partial charge is 0.384 e. The second-order valence-electron chi connectivity index (χ2n) is 7.77. The lowest BCUT2D eigenvalue weighted by atomic mass is 10.1. The molecule has 9 heteroatoms. The number of aromatic nitrogens is 5. The average molecular weight is 456 g/mol. The molecule has 3 aromatic heterocycles. The third-order valence-corrected chi connectivity index (χ3v) is 6.07. The lowest BCUT2D eigenvalue weighted by molar-refractivity contribution is 0.574. The third kappa shape index (κ3) is 4.25. The molecule has 0 unspecified atom stereocenters. The standard InChI is InChI=1S/C22H23Cl2N7/c23-15-5-6-16-17(7-9-26-18(16)13-15)25-8-4-12-31-14-27-19-20(28-22(24)29-21(19)31)30-10-2-1-3-11-30/h5-7,9,13-14H,1-4,8,10-12H2,(H,25,26). The first-order chi connectivity index (χ1) is 15.2. The molecule has 0 saturated carbocycles. The van der Waals surface area contributed by atoms with Crippen molar-refractivity contribution in [1.29, 1.82) is 0 Å². The number of benzene rings is 1. The van der Waals surface area contributed by atoms with Crippen molar-refractivity contribution in [2.75, 3.05) is 29.9 Å². The number of aryl methyl sites for hydroxylation is 1. The van der Waals surface area contributed by atoms with E-state index in [-0.39, 0.29) is 5.28 Å². The van der Waals surface area contributed by atoms with E-state index in [0.717, 1.165) is 66.2 Å². The minimum Gasteiger partial charge on any atom is -0.384 e. The highest BCUT2D eigenvalue weighted by Crippen LogP contribution is 2.27. The second kappa shape index (κ2) is 8.85. The van der Waals surface area contributed by atoms with Crippen molar-refractivity contribution in [3.63, 3.8) is 0 Å². The molecular formula is C22H23Cl2N7. The molecule has 1 saturated heterocycles. The van der Waals surface area contributed by atoms with Gasteiger partial charge in [0.2, 0.25) is 5.28 Å². The van der Waals surface area contributed by atoms with Gasteiger partial charge in [-0.1, -0.05) is 11.6 Å². The van der Waals surface area contributed by atoms with Gasteiger partial charge in [0.1, 0.15) is 0 Å². The van der Waals surface area contributed by atoms with E-state index in [1.165, 1.54) is 19.3 Å². The van der Waals surface area contributed by atoms with E-state index in [4.69, 9.17) is 23.2 Å². The summed E-state index contributed by atoms with van der Waals surface area (Å²) in [5, 5.41) is 5.53. The highest BCUT2D eigenvalue weighted by molar-refractivity contribution is 6.31. The van der Waals surface area contributed by atoms with E-state index in [9.17, 15) is 0 Å². The first-order valence-electron chi connectivity index (χ1n) is 10.6. The maximum atomic E-state index is 6.26. The quantitative estimate of drug-likeness (QED) is 0.319. The van der Waals surface area contributed by atoms with Gasteiger partial charge < -0.3 is 14.8 Å². The van der Waals surface area contributed by atoms with Crippen LogP contribution in [0, 0.1) is 0 Å². The third-order valence-electron chi connectivity index (χ3n) is 5.67. The molecule has 0 spiro atoms. The summed E-state index contributed by atoms with van der Waals surface area (Å²) >= 11 is 12.3. The zero-order valence-electron chi connectivity index (χ0n) is 17.1. The van der Waals surface area contributed by atoms with Crippen LogP contribution in [-0.2, 0) is 6.54 Å². The molecule has 0 bridgehead atoms. The number of anilines is 2. The van der Waals surface area contributed by atoms with Crippen LogP contribution in [0.2, 0.25) is 10.3 Å². The van der Waals surface area contributed by atoms with Crippen molar-refractivity contribution >= 4 is 56.8 Å². The fraction of sp³-hybridized carbons (Fsp3) is 0.364. The molecular weight excluding hydrogens is 433 g/mol. The number of pyridine rings is 1. The van der Waals surface area contributed by atoms with Gasteiger partial charge in [0.05, 0.1) is 11.8 Å². The predicted molar refractivity (Wildman–Crippen MR) is 126 cm³/mol. The van der Waals surface area contributed by atoms with E-state index in [0.29, 0.717) is 5.02 Å². The number of hydrogen-bond donors (Lipinski definition) is 1. The first kappa shape index (κ1) is 20.3. The van der Waals surface area contributed by atoms with E-state index in [1.807, 2.05) is 30.6 Å². The minimum atomic E-state index is 0.273. The summed E-state index contributed by atoms with van der Waals surface area (Å²) in [5.41, 5.74) is 3.56. The average Bonchev–Trinajstić information content (AvgIpc) is 3.19. The van der Waals surface area contributed by atoms with Crippen molar-refractivity contribution in [3.8, 4) is 0 Å². The Morgan fingerprint density at radius 3 is 2.74 bits per heavy atom. The number of imidazole rings is 1. The highest BCUT2D eigenvalue weighted by atomic mass is 35.5. The van der Waals surface area contributed by atoms with Crippen molar-refractivity contribution in [3.05, 3.63) is 47.1 Å². The zero-order valence-corrected chi connectivity index (χ0v) is 18.6. The van der Waals surface area contributed by atoms with Crippen LogP contribution in [0.15, 0.2) is 36.8 Å². The van der Waals surface area contributed by atoms with Gasteiger partial charge in [0.15, 0.2) is 17.0 Å². The van der Waals surface area contributed by atoms with Crippen LogP contribution in [0.3, 0.4) is 0 Å². The van der Waals surface area contributed by atoms with E-state index in [1.54, 1.807) is 6.20 Å². The van der Waals surface area contributed by atoms with Crippen LogP contribution in [-0.4, -0.2) is 44.1 Å². The van der Waals surface area contributed by atoms with E-state index in [2.05, 4.69) is 34.7 Å². The molecule has 31 heavy (non-hydrogen) atoms. The molecule has 4 heterocycles. The normalized spacial score (nSPS) is 14.5. The molecule has 1 fully saturated rings. The predicted octanol–water partition coefficient (Wildman–Crippen LogP) is 5.17. The van der Waals surface area contributed by atoms with Crippen LogP contribution in [0.25, 0.3) is 22.1 Å². The Bertz CT molecular complexity index is 1220. The number of hydrogen-bond acceptors (Lipinski definition) is 6. The van der Waals surface area contributed by atoms with Gasteiger partial charge >= 0.3 is 0 Å². The van der Waals surface area contributed by atoms with Crippen LogP contribution >= 0.6 is 23.2 Å². The monoisotopic (exact) mass is 455 g/mol. The zero-order chi connectivity index (χ0) is 21.2. The number of piperidine rings is 1. The molecule has 1 N–H and O–H groups in total. The molecule has 0 atom stereocenters. The van der Waals surface area contributed by atoms with Gasteiger partial charge in [-0.3, -0.25) is 4.98 Å². The van der Waals surface area contributed by atoms with Gasteiger partial charge in [-0.25, -0.2) is 4.98 Å². The van der Waals surface area contributed by atoms with Crippen LogP contribution < -0.4 is 10.2 Å². The Hall–Kier alpha value is -2.64. The molecule has 160 valence electrons.